The summed E-state index contributed by atoms with van der Waals surface area (Å²) < 4.78 is 2.04. The highest BCUT2D eigenvalue weighted by atomic mass is 16.2. The largest absolute Gasteiger partial charge is 0.356 e. The number of carbonyl (C=O) groups is 1. The zero-order valence-electron chi connectivity index (χ0n) is 11.4. The maximum absolute atomic E-state index is 12.4. The number of likely N-dealkylation sites (N-methyl/N-ethyl adjacent to an activating group) is 1. The Morgan fingerprint density at radius 2 is 2.11 bits per heavy atom. The molecule has 6 heteroatoms. The summed E-state index contributed by atoms with van der Waals surface area (Å²) in [7, 11) is 0. The maximum atomic E-state index is 12.4. The first-order chi connectivity index (χ1) is 9.28. The van der Waals surface area contributed by atoms with Gasteiger partial charge in [0, 0.05) is 45.5 Å². The Kier molecular flexibility index (Phi) is 3.42. The van der Waals surface area contributed by atoms with Crippen molar-refractivity contribution in [2.75, 3.05) is 44.6 Å². The lowest BCUT2D eigenvalue weighted by atomic mass is 10.3. The monoisotopic (exact) mass is 263 g/mol. The highest BCUT2D eigenvalue weighted by Crippen LogP contribution is 2.16. The lowest BCUT2D eigenvalue weighted by Gasteiger charge is -2.33. The molecule has 0 bridgehead atoms. The van der Waals surface area contributed by atoms with Gasteiger partial charge in [0.2, 0.25) is 5.95 Å². The fourth-order valence-electron chi connectivity index (χ4n) is 2.71. The van der Waals surface area contributed by atoms with E-state index in [-0.39, 0.29) is 5.91 Å². The molecule has 1 aromatic heterocycles. The number of rotatable bonds is 2. The summed E-state index contributed by atoms with van der Waals surface area (Å²) in [4.78, 5) is 21.1. The lowest BCUT2D eigenvalue weighted by molar-refractivity contribution is 0.0638. The van der Waals surface area contributed by atoms with Crippen molar-refractivity contribution in [1.82, 2.24) is 19.4 Å². The third-order valence-corrected chi connectivity index (χ3v) is 3.96. The molecule has 104 valence electrons. The molecule has 0 atom stereocenters. The van der Waals surface area contributed by atoms with Gasteiger partial charge < -0.3 is 19.7 Å². The van der Waals surface area contributed by atoms with Gasteiger partial charge in [0.25, 0.3) is 5.91 Å². The number of fused-ring (bicyclic) bond motifs is 1. The Morgan fingerprint density at radius 1 is 1.32 bits per heavy atom. The molecule has 2 aliphatic rings. The topological polar surface area (TPSA) is 53.4 Å². The summed E-state index contributed by atoms with van der Waals surface area (Å²) in [5, 5.41) is 3.23. The molecule has 3 heterocycles. The van der Waals surface area contributed by atoms with Crippen LogP contribution in [0.5, 0.6) is 0 Å². The number of amides is 1. The third kappa shape index (κ3) is 2.45. The number of aryl methyl sites for hydroxylation is 1. The number of hydrogen-bond acceptors (Lipinski definition) is 4. The molecule has 1 N–H and O–H groups in total. The van der Waals surface area contributed by atoms with E-state index in [9.17, 15) is 4.79 Å². The minimum absolute atomic E-state index is 0.0689. The van der Waals surface area contributed by atoms with Gasteiger partial charge in [-0.05, 0) is 13.0 Å². The fourth-order valence-corrected chi connectivity index (χ4v) is 2.71. The minimum atomic E-state index is 0.0689. The number of imidazole rings is 1. The van der Waals surface area contributed by atoms with Crippen molar-refractivity contribution in [1.29, 1.82) is 0 Å². The van der Waals surface area contributed by atoms with Crippen molar-refractivity contribution >= 4 is 11.9 Å². The van der Waals surface area contributed by atoms with Crippen LogP contribution in [-0.2, 0) is 6.54 Å². The predicted octanol–water partition coefficient (Wildman–Crippen LogP) is 0.476. The molecule has 0 aliphatic carbocycles. The number of aromatic nitrogens is 2. The van der Waals surface area contributed by atoms with E-state index >= 15 is 0 Å². The highest BCUT2D eigenvalue weighted by Gasteiger charge is 2.24. The second kappa shape index (κ2) is 5.21. The normalized spacial score (nSPS) is 19.9. The molecule has 1 saturated heterocycles. The van der Waals surface area contributed by atoms with Gasteiger partial charge in [-0.15, -0.1) is 0 Å². The number of piperazine rings is 1. The van der Waals surface area contributed by atoms with Crippen LogP contribution < -0.4 is 5.32 Å². The van der Waals surface area contributed by atoms with Crippen molar-refractivity contribution in [3.8, 4) is 0 Å². The van der Waals surface area contributed by atoms with Crippen molar-refractivity contribution in [2.24, 2.45) is 0 Å². The highest BCUT2D eigenvalue weighted by molar-refractivity contribution is 5.92. The summed E-state index contributed by atoms with van der Waals surface area (Å²) in [6.45, 7) is 8.66. The van der Waals surface area contributed by atoms with Crippen LogP contribution in [0.15, 0.2) is 6.20 Å². The first kappa shape index (κ1) is 12.5. The van der Waals surface area contributed by atoms with Gasteiger partial charge in [0.05, 0.1) is 0 Å². The summed E-state index contributed by atoms with van der Waals surface area (Å²) in [6, 6.07) is 0. The molecule has 3 rings (SSSR count). The second-order valence-electron chi connectivity index (χ2n) is 5.15. The Bertz CT molecular complexity index is 438. The van der Waals surface area contributed by atoms with E-state index in [1.165, 1.54) is 0 Å². The number of anilines is 1. The van der Waals surface area contributed by atoms with Gasteiger partial charge in [-0.1, -0.05) is 6.92 Å². The molecular weight excluding hydrogens is 242 g/mol. The van der Waals surface area contributed by atoms with E-state index in [2.05, 4.69) is 22.1 Å². The Hall–Kier alpha value is -1.56. The van der Waals surface area contributed by atoms with Gasteiger partial charge in [-0.2, -0.15) is 0 Å². The van der Waals surface area contributed by atoms with Crippen LogP contribution in [0.1, 0.15) is 23.8 Å². The fraction of sp³-hybridized carbons (Fsp3) is 0.692. The average molecular weight is 263 g/mol. The first-order valence-corrected chi connectivity index (χ1v) is 7.10. The van der Waals surface area contributed by atoms with E-state index in [0.29, 0.717) is 5.69 Å². The smallest absolute Gasteiger partial charge is 0.274 e. The van der Waals surface area contributed by atoms with Crippen LogP contribution in [0.3, 0.4) is 0 Å². The Labute approximate surface area is 113 Å². The summed E-state index contributed by atoms with van der Waals surface area (Å²) in [5.74, 6) is 0.904. The number of hydrogen-bond donors (Lipinski definition) is 1. The van der Waals surface area contributed by atoms with Crippen molar-refractivity contribution < 1.29 is 4.79 Å². The number of carbonyl (C=O) groups excluding carboxylic acids is 1. The second-order valence-corrected chi connectivity index (χ2v) is 5.15. The molecule has 0 saturated carbocycles. The van der Waals surface area contributed by atoms with Crippen LogP contribution in [0.4, 0.5) is 5.95 Å². The van der Waals surface area contributed by atoms with Crippen LogP contribution in [0.25, 0.3) is 0 Å². The van der Waals surface area contributed by atoms with E-state index in [1.807, 2.05) is 15.7 Å². The summed E-state index contributed by atoms with van der Waals surface area (Å²) >= 11 is 0. The molecule has 1 fully saturated rings. The molecule has 0 spiro atoms. The van der Waals surface area contributed by atoms with Gasteiger partial charge in [-0.3, -0.25) is 4.79 Å². The molecule has 19 heavy (non-hydrogen) atoms. The molecule has 2 aliphatic heterocycles. The van der Waals surface area contributed by atoms with E-state index in [4.69, 9.17) is 0 Å². The summed E-state index contributed by atoms with van der Waals surface area (Å²) in [5.41, 5.74) is 0.578. The Morgan fingerprint density at radius 3 is 2.79 bits per heavy atom. The minimum Gasteiger partial charge on any atom is -0.356 e. The van der Waals surface area contributed by atoms with Gasteiger partial charge in [-0.25, -0.2) is 4.98 Å². The van der Waals surface area contributed by atoms with Crippen LogP contribution >= 0.6 is 0 Å². The average Bonchev–Trinajstić information content (AvgIpc) is 2.90. The predicted molar refractivity (Wildman–Crippen MR) is 73.4 cm³/mol. The lowest BCUT2D eigenvalue weighted by Crippen LogP contribution is -2.48. The SMILES string of the molecule is CCN1CCN(C(=O)c2cn3c(n2)NCCC3)CC1. The van der Waals surface area contributed by atoms with Gasteiger partial charge in [0.1, 0.15) is 5.69 Å². The first-order valence-electron chi connectivity index (χ1n) is 7.10. The molecule has 0 unspecified atom stereocenters. The van der Waals surface area contributed by atoms with Crippen molar-refractivity contribution in [3.63, 3.8) is 0 Å². The number of nitrogens with one attached hydrogen (secondary N) is 1. The van der Waals surface area contributed by atoms with Gasteiger partial charge >= 0.3 is 0 Å². The van der Waals surface area contributed by atoms with Crippen LogP contribution in [0.2, 0.25) is 0 Å². The molecule has 6 nitrogen and oxygen atoms in total. The molecule has 0 radical (unpaired) electrons. The number of nitrogens with zero attached hydrogens (tertiary/aromatic N) is 4. The zero-order chi connectivity index (χ0) is 13.2. The maximum Gasteiger partial charge on any atom is 0.274 e. The molecule has 0 aromatic carbocycles. The van der Waals surface area contributed by atoms with E-state index < -0.39 is 0 Å². The van der Waals surface area contributed by atoms with E-state index in [0.717, 1.165) is 58.2 Å². The van der Waals surface area contributed by atoms with Crippen LogP contribution in [-0.4, -0.2) is 64.5 Å². The third-order valence-electron chi connectivity index (χ3n) is 3.96. The van der Waals surface area contributed by atoms with Gasteiger partial charge in [0.15, 0.2) is 0 Å². The molecular formula is C13H21N5O. The van der Waals surface area contributed by atoms with Crippen molar-refractivity contribution in [2.45, 2.75) is 19.9 Å². The molecule has 1 aromatic rings. The van der Waals surface area contributed by atoms with Crippen molar-refractivity contribution in [3.05, 3.63) is 11.9 Å². The molecule has 1 amide bonds. The summed E-state index contributed by atoms with van der Waals surface area (Å²) in [6.07, 6.45) is 2.97. The van der Waals surface area contributed by atoms with E-state index in [1.54, 1.807) is 0 Å². The zero-order valence-corrected chi connectivity index (χ0v) is 11.4. The standard InChI is InChI=1S/C13H21N5O/c1-2-16-6-8-17(9-7-16)12(19)11-10-18-5-3-4-14-13(18)15-11/h10H,2-9H2,1H3,(H,14,15). The van der Waals surface area contributed by atoms with Crippen LogP contribution in [0, 0.1) is 0 Å². The quantitative estimate of drug-likeness (QED) is 0.843. The Balaban J connectivity index is 1.68.